The Morgan fingerprint density at radius 1 is 1.23 bits per heavy atom. The summed E-state index contributed by atoms with van der Waals surface area (Å²) in [5, 5.41) is 1.21. The van der Waals surface area contributed by atoms with Crippen LogP contribution in [0.2, 0.25) is 0 Å². The number of aromatic nitrogens is 1. The number of hydrogen-bond acceptors (Lipinski definition) is 5. The molecule has 0 unspecified atom stereocenters. The number of fused-ring (bicyclic) bond motifs is 1. The molecule has 0 radical (unpaired) electrons. The van der Waals surface area contributed by atoms with E-state index in [9.17, 15) is 4.79 Å². The van der Waals surface area contributed by atoms with Crippen LogP contribution in [0.3, 0.4) is 0 Å². The summed E-state index contributed by atoms with van der Waals surface area (Å²) in [6.45, 7) is 3.91. The summed E-state index contributed by atoms with van der Waals surface area (Å²) in [6.07, 6.45) is 1.67. The van der Waals surface area contributed by atoms with Gasteiger partial charge in [-0.15, -0.1) is 0 Å². The lowest BCUT2D eigenvalue weighted by Gasteiger charge is -2.36. The average molecular weight is 317 g/mol. The zero-order chi connectivity index (χ0) is 14.9. The van der Waals surface area contributed by atoms with Crippen molar-refractivity contribution in [1.82, 2.24) is 9.27 Å². The lowest BCUT2D eigenvalue weighted by Crippen LogP contribution is -2.51. The smallest absolute Gasteiger partial charge is 0.251 e. The van der Waals surface area contributed by atoms with E-state index >= 15 is 0 Å². The van der Waals surface area contributed by atoms with Crippen molar-refractivity contribution in [3.05, 3.63) is 24.3 Å². The van der Waals surface area contributed by atoms with E-state index in [1.807, 2.05) is 11.0 Å². The van der Waals surface area contributed by atoms with E-state index in [4.69, 9.17) is 4.74 Å². The van der Waals surface area contributed by atoms with Gasteiger partial charge in [0.05, 0.1) is 4.70 Å². The molecule has 1 aromatic carbocycles. The normalized spacial score (nSPS) is 22.5. The lowest BCUT2D eigenvalue weighted by atomic mass is 10.2. The molecule has 116 valence electrons. The van der Waals surface area contributed by atoms with Crippen LogP contribution < -0.4 is 4.90 Å². The van der Waals surface area contributed by atoms with Gasteiger partial charge >= 0.3 is 0 Å². The van der Waals surface area contributed by atoms with E-state index in [-0.39, 0.29) is 12.0 Å². The minimum Gasteiger partial charge on any atom is -0.368 e. The molecule has 2 fully saturated rings. The highest BCUT2D eigenvalue weighted by atomic mass is 32.1. The number of ether oxygens (including phenoxy) is 1. The zero-order valence-corrected chi connectivity index (χ0v) is 13.2. The number of carbonyl (C=O) groups is 1. The number of carbonyl (C=O) groups excluding carboxylic acids is 1. The number of benzene rings is 1. The van der Waals surface area contributed by atoms with Crippen LogP contribution in [0.25, 0.3) is 10.1 Å². The minimum atomic E-state index is -0.202. The van der Waals surface area contributed by atoms with Crippen molar-refractivity contribution in [2.45, 2.75) is 18.9 Å². The fourth-order valence-electron chi connectivity index (χ4n) is 3.22. The number of piperazine rings is 1. The van der Waals surface area contributed by atoms with Crippen LogP contribution in [0.1, 0.15) is 12.8 Å². The molecule has 1 aromatic heterocycles. The third kappa shape index (κ3) is 2.46. The third-order valence-corrected chi connectivity index (χ3v) is 5.27. The lowest BCUT2D eigenvalue weighted by molar-refractivity contribution is -0.141. The van der Waals surface area contributed by atoms with Crippen molar-refractivity contribution in [3.8, 4) is 0 Å². The van der Waals surface area contributed by atoms with Crippen molar-refractivity contribution in [1.29, 1.82) is 0 Å². The molecule has 0 spiro atoms. The van der Waals surface area contributed by atoms with E-state index in [2.05, 4.69) is 27.5 Å². The first-order chi connectivity index (χ1) is 10.8. The maximum absolute atomic E-state index is 12.4. The number of anilines is 1. The molecule has 0 N–H and O–H groups in total. The molecule has 6 heteroatoms. The predicted molar refractivity (Wildman–Crippen MR) is 87.4 cm³/mol. The van der Waals surface area contributed by atoms with Crippen molar-refractivity contribution in [2.24, 2.45) is 0 Å². The van der Waals surface area contributed by atoms with Gasteiger partial charge in [-0.2, -0.15) is 4.37 Å². The molecule has 1 amide bonds. The Labute approximate surface area is 133 Å². The summed E-state index contributed by atoms with van der Waals surface area (Å²) in [5.41, 5.74) is 0. The van der Waals surface area contributed by atoms with Crippen LogP contribution in [0.4, 0.5) is 5.82 Å². The molecule has 0 aliphatic carbocycles. The first-order valence-corrected chi connectivity index (χ1v) is 8.60. The highest BCUT2D eigenvalue weighted by Crippen LogP contribution is 2.30. The molecule has 22 heavy (non-hydrogen) atoms. The molecule has 3 heterocycles. The van der Waals surface area contributed by atoms with Gasteiger partial charge in [0.1, 0.15) is 11.9 Å². The van der Waals surface area contributed by atoms with Gasteiger partial charge in [-0.05, 0) is 36.5 Å². The maximum atomic E-state index is 12.4. The second-order valence-electron chi connectivity index (χ2n) is 5.82. The van der Waals surface area contributed by atoms with Crippen molar-refractivity contribution < 1.29 is 9.53 Å². The van der Waals surface area contributed by atoms with Gasteiger partial charge in [-0.25, -0.2) is 0 Å². The van der Waals surface area contributed by atoms with Crippen LogP contribution in [0, 0.1) is 0 Å². The fraction of sp³-hybridized carbons (Fsp3) is 0.500. The van der Waals surface area contributed by atoms with Crippen LogP contribution in [-0.4, -0.2) is 54.1 Å². The molecular weight excluding hydrogens is 298 g/mol. The Morgan fingerprint density at radius 3 is 2.82 bits per heavy atom. The van der Waals surface area contributed by atoms with Crippen molar-refractivity contribution in [2.75, 3.05) is 37.7 Å². The molecular formula is C16H19N3O2S. The molecule has 2 aliphatic heterocycles. The number of hydrogen-bond donors (Lipinski definition) is 0. The minimum absolute atomic E-state index is 0.167. The van der Waals surface area contributed by atoms with Crippen molar-refractivity contribution in [3.63, 3.8) is 0 Å². The Morgan fingerprint density at radius 2 is 2.05 bits per heavy atom. The van der Waals surface area contributed by atoms with E-state index < -0.39 is 0 Å². The second-order valence-corrected chi connectivity index (χ2v) is 6.62. The first-order valence-electron chi connectivity index (χ1n) is 7.83. The van der Waals surface area contributed by atoms with Gasteiger partial charge in [-0.3, -0.25) is 4.79 Å². The summed E-state index contributed by atoms with van der Waals surface area (Å²) in [6, 6.07) is 8.33. The van der Waals surface area contributed by atoms with Crippen molar-refractivity contribution >= 4 is 33.3 Å². The van der Waals surface area contributed by atoms with Gasteiger partial charge < -0.3 is 14.5 Å². The molecule has 0 bridgehead atoms. The quantitative estimate of drug-likeness (QED) is 0.851. The van der Waals surface area contributed by atoms with Crippen LogP contribution in [0.15, 0.2) is 24.3 Å². The first kappa shape index (κ1) is 14.0. The Hall–Kier alpha value is -1.66. The molecule has 4 rings (SSSR count). The summed E-state index contributed by atoms with van der Waals surface area (Å²) in [5.74, 6) is 1.23. The van der Waals surface area contributed by atoms with Crippen LogP contribution in [-0.2, 0) is 9.53 Å². The van der Waals surface area contributed by atoms with Gasteiger partial charge in [-0.1, -0.05) is 12.1 Å². The third-order valence-electron chi connectivity index (χ3n) is 4.45. The standard InChI is InChI=1S/C16H19N3O2S/c20-16(13-5-3-11-21-13)19-9-7-18(8-10-19)15-12-4-1-2-6-14(12)22-17-15/h1-2,4,6,13H,3,5,7-11H2/t13-/m1/s1. The largest absolute Gasteiger partial charge is 0.368 e. The zero-order valence-electron chi connectivity index (χ0n) is 12.4. The average Bonchev–Trinajstić information content (AvgIpc) is 3.24. The molecule has 2 aliphatic rings. The second kappa shape index (κ2) is 5.85. The number of amides is 1. The van der Waals surface area contributed by atoms with E-state index in [0.717, 1.165) is 51.4 Å². The SMILES string of the molecule is O=C([C@H]1CCCO1)N1CCN(c2nsc3ccccc23)CC1. The molecule has 2 aromatic rings. The maximum Gasteiger partial charge on any atom is 0.251 e. The van der Waals surface area contributed by atoms with Gasteiger partial charge in [0.25, 0.3) is 5.91 Å². The summed E-state index contributed by atoms with van der Waals surface area (Å²) < 4.78 is 11.3. The molecule has 2 saturated heterocycles. The highest BCUT2D eigenvalue weighted by Gasteiger charge is 2.30. The Balaban J connectivity index is 1.44. The van der Waals surface area contributed by atoms with E-state index in [0.29, 0.717) is 0 Å². The van der Waals surface area contributed by atoms with E-state index in [1.54, 1.807) is 11.5 Å². The molecule has 1 atom stereocenters. The number of nitrogens with zero attached hydrogens (tertiary/aromatic N) is 3. The molecule has 0 saturated carbocycles. The summed E-state index contributed by atoms with van der Waals surface area (Å²) in [4.78, 5) is 16.6. The Bertz CT molecular complexity index is 673. The highest BCUT2D eigenvalue weighted by molar-refractivity contribution is 7.13. The van der Waals surface area contributed by atoms with Crippen LogP contribution in [0.5, 0.6) is 0 Å². The summed E-state index contributed by atoms with van der Waals surface area (Å²) >= 11 is 1.54. The topological polar surface area (TPSA) is 45.7 Å². The fourth-order valence-corrected chi connectivity index (χ4v) is 4.01. The monoisotopic (exact) mass is 317 g/mol. The van der Waals surface area contributed by atoms with Gasteiger partial charge in [0, 0.05) is 38.2 Å². The summed E-state index contributed by atoms with van der Waals surface area (Å²) in [7, 11) is 0. The van der Waals surface area contributed by atoms with E-state index in [1.165, 1.54) is 10.1 Å². The van der Waals surface area contributed by atoms with Gasteiger partial charge in [0.15, 0.2) is 0 Å². The predicted octanol–water partition coefficient (Wildman–Crippen LogP) is 2.12. The van der Waals surface area contributed by atoms with Gasteiger partial charge in [0.2, 0.25) is 0 Å². The Kier molecular flexibility index (Phi) is 3.72. The van der Waals surface area contributed by atoms with Crippen LogP contribution >= 0.6 is 11.5 Å². The number of rotatable bonds is 2. The molecule has 5 nitrogen and oxygen atoms in total.